The quantitative estimate of drug-likeness (QED) is 0.472. The molecule has 0 saturated heterocycles. The maximum absolute atomic E-state index is 13.0. The summed E-state index contributed by atoms with van der Waals surface area (Å²) in [5.41, 5.74) is 1.89. The Morgan fingerprint density at radius 2 is 1.75 bits per heavy atom. The van der Waals surface area contributed by atoms with E-state index in [1.165, 1.54) is 6.07 Å². The van der Waals surface area contributed by atoms with Gasteiger partial charge in [0.25, 0.3) is 0 Å². The number of hydrogen-bond acceptors (Lipinski definition) is 2. The molecular formula is C17H9ClF3N3. The van der Waals surface area contributed by atoms with Crippen molar-refractivity contribution in [2.75, 3.05) is 0 Å². The van der Waals surface area contributed by atoms with Crippen molar-refractivity contribution in [2.24, 2.45) is 0 Å². The molecule has 120 valence electrons. The van der Waals surface area contributed by atoms with Crippen LogP contribution in [0.5, 0.6) is 0 Å². The summed E-state index contributed by atoms with van der Waals surface area (Å²) in [7, 11) is 0. The molecule has 0 saturated carbocycles. The molecule has 3 nitrogen and oxygen atoms in total. The van der Waals surface area contributed by atoms with Crippen LogP contribution in [0.15, 0.2) is 54.9 Å². The first-order chi connectivity index (χ1) is 11.4. The summed E-state index contributed by atoms with van der Waals surface area (Å²) in [5, 5.41) is 0.568. The maximum atomic E-state index is 13.0. The molecule has 2 aromatic carbocycles. The predicted molar refractivity (Wildman–Crippen MR) is 85.9 cm³/mol. The van der Waals surface area contributed by atoms with Crippen LogP contribution in [0.3, 0.4) is 0 Å². The lowest BCUT2D eigenvalue weighted by atomic mass is 10.1. The molecule has 0 aliphatic carbocycles. The fourth-order valence-corrected chi connectivity index (χ4v) is 2.76. The minimum Gasteiger partial charge on any atom is -0.296 e. The maximum Gasteiger partial charge on any atom is 0.416 e. The molecule has 24 heavy (non-hydrogen) atoms. The van der Waals surface area contributed by atoms with E-state index in [2.05, 4.69) is 9.97 Å². The first kappa shape index (κ1) is 15.0. The van der Waals surface area contributed by atoms with Crippen molar-refractivity contribution in [3.05, 3.63) is 65.4 Å². The normalized spacial score (nSPS) is 12.2. The molecule has 0 N–H and O–H groups in total. The first-order valence-corrected chi connectivity index (χ1v) is 7.41. The SMILES string of the molecule is FC(F)(F)c1ccc2c(c1)nc(-c1ccc(Cl)cc1)c1nccn12. The van der Waals surface area contributed by atoms with Gasteiger partial charge in [-0.3, -0.25) is 4.40 Å². The average molecular weight is 348 g/mol. The van der Waals surface area contributed by atoms with Gasteiger partial charge in [0.1, 0.15) is 5.69 Å². The van der Waals surface area contributed by atoms with Crippen LogP contribution >= 0.6 is 11.6 Å². The number of halogens is 4. The largest absolute Gasteiger partial charge is 0.416 e. The Kier molecular flexibility index (Phi) is 3.25. The molecule has 4 aromatic rings. The highest BCUT2D eigenvalue weighted by molar-refractivity contribution is 6.30. The summed E-state index contributed by atoms with van der Waals surface area (Å²) in [4.78, 5) is 8.71. The van der Waals surface area contributed by atoms with Gasteiger partial charge in [-0.1, -0.05) is 23.7 Å². The van der Waals surface area contributed by atoms with Gasteiger partial charge >= 0.3 is 6.18 Å². The smallest absolute Gasteiger partial charge is 0.296 e. The first-order valence-electron chi connectivity index (χ1n) is 7.03. The number of aromatic nitrogens is 3. The van der Waals surface area contributed by atoms with E-state index in [4.69, 9.17) is 11.6 Å². The third kappa shape index (κ3) is 2.39. The van der Waals surface area contributed by atoms with Gasteiger partial charge < -0.3 is 0 Å². The van der Waals surface area contributed by atoms with E-state index in [9.17, 15) is 13.2 Å². The highest BCUT2D eigenvalue weighted by Gasteiger charge is 2.30. The predicted octanol–water partition coefficient (Wildman–Crippen LogP) is 5.22. The third-order valence-electron chi connectivity index (χ3n) is 3.76. The van der Waals surface area contributed by atoms with Crippen molar-refractivity contribution in [1.82, 2.24) is 14.4 Å². The van der Waals surface area contributed by atoms with Gasteiger partial charge in [0.05, 0.1) is 16.6 Å². The van der Waals surface area contributed by atoms with Gasteiger partial charge in [-0.05, 0) is 30.3 Å². The molecule has 7 heteroatoms. The van der Waals surface area contributed by atoms with Crippen LogP contribution in [-0.2, 0) is 6.18 Å². The zero-order chi connectivity index (χ0) is 16.9. The van der Waals surface area contributed by atoms with Crippen LogP contribution in [-0.4, -0.2) is 14.4 Å². The molecule has 4 rings (SSSR count). The second-order valence-corrected chi connectivity index (χ2v) is 5.73. The van der Waals surface area contributed by atoms with E-state index in [0.717, 1.165) is 17.7 Å². The highest BCUT2D eigenvalue weighted by atomic mass is 35.5. The highest BCUT2D eigenvalue weighted by Crippen LogP contribution is 2.33. The van der Waals surface area contributed by atoms with E-state index in [1.807, 2.05) is 0 Å². The molecule has 0 aliphatic heterocycles. The summed E-state index contributed by atoms with van der Waals surface area (Å²) in [6.45, 7) is 0. The van der Waals surface area contributed by atoms with Gasteiger partial charge in [-0.15, -0.1) is 0 Å². The molecule has 0 radical (unpaired) electrons. The van der Waals surface area contributed by atoms with Crippen molar-refractivity contribution in [3.63, 3.8) is 0 Å². The number of rotatable bonds is 1. The number of nitrogens with zero attached hydrogens (tertiary/aromatic N) is 3. The van der Waals surface area contributed by atoms with Crippen LogP contribution in [0.25, 0.3) is 27.9 Å². The summed E-state index contributed by atoms with van der Waals surface area (Å²) in [5.74, 6) is 0. The molecule has 0 fully saturated rings. The molecule has 0 unspecified atom stereocenters. The summed E-state index contributed by atoms with van der Waals surface area (Å²) < 4.78 is 40.7. The second-order valence-electron chi connectivity index (χ2n) is 5.29. The topological polar surface area (TPSA) is 30.2 Å². The van der Waals surface area contributed by atoms with E-state index in [0.29, 0.717) is 21.9 Å². The lowest BCUT2D eigenvalue weighted by molar-refractivity contribution is -0.137. The Hall–Kier alpha value is -2.60. The monoisotopic (exact) mass is 347 g/mol. The van der Waals surface area contributed by atoms with Crippen molar-refractivity contribution in [3.8, 4) is 11.3 Å². The number of fused-ring (bicyclic) bond motifs is 3. The fraction of sp³-hybridized carbons (Fsp3) is 0.0588. The molecular weight excluding hydrogens is 339 g/mol. The van der Waals surface area contributed by atoms with Crippen molar-refractivity contribution in [2.45, 2.75) is 6.18 Å². The second kappa shape index (κ2) is 5.21. The number of imidazole rings is 1. The van der Waals surface area contributed by atoms with Crippen LogP contribution in [0, 0.1) is 0 Å². The van der Waals surface area contributed by atoms with Gasteiger partial charge in [-0.2, -0.15) is 13.2 Å². The Balaban J connectivity index is 2.04. The number of alkyl halides is 3. The fourth-order valence-electron chi connectivity index (χ4n) is 2.64. The van der Waals surface area contributed by atoms with Gasteiger partial charge in [0.15, 0.2) is 5.65 Å². The molecule has 2 aromatic heterocycles. The van der Waals surface area contributed by atoms with Crippen LogP contribution < -0.4 is 0 Å². The van der Waals surface area contributed by atoms with Gasteiger partial charge in [0, 0.05) is 23.0 Å². The summed E-state index contributed by atoms with van der Waals surface area (Å²) >= 11 is 5.90. The van der Waals surface area contributed by atoms with Gasteiger partial charge in [0.2, 0.25) is 0 Å². The summed E-state index contributed by atoms with van der Waals surface area (Å²) in [6, 6.07) is 10.4. The molecule has 0 aliphatic rings. The Morgan fingerprint density at radius 3 is 2.46 bits per heavy atom. The van der Waals surface area contributed by atoms with Crippen LogP contribution in [0.1, 0.15) is 5.56 Å². The Bertz CT molecular complexity index is 1050. The molecule has 0 atom stereocenters. The minimum atomic E-state index is -4.42. The lowest BCUT2D eigenvalue weighted by Gasteiger charge is -2.11. The Labute approximate surface area is 139 Å². The van der Waals surface area contributed by atoms with E-state index < -0.39 is 11.7 Å². The Morgan fingerprint density at radius 1 is 1.00 bits per heavy atom. The van der Waals surface area contributed by atoms with Crippen molar-refractivity contribution >= 4 is 28.3 Å². The zero-order valence-electron chi connectivity index (χ0n) is 12.0. The van der Waals surface area contributed by atoms with E-state index in [1.54, 1.807) is 41.1 Å². The van der Waals surface area contributed by atoms with Crippen LogP contribution in [0.2, 0.25) is 5.02 Å². The van der Waals surface area contributed by atoms with Crippen LogP contribution in [0.4, 0.5) is 13.2 Å². The van der Waals surface area contributed by atoms with E-state index in [-0.39, 0.29) is 5.52 Å². The minimum absolute atomic E-state index is 0.250. The molecule has 0 spiro atoms. The van der Waals surface area contributed by atoms with Crippen molar-refractivity contribution < 1.29 is 13.2 Å². The standard InChI is InChI=1S/C17H9ClF3N3/c18-12-4-1-10(2-5-12)15-16-22-7-8-24(16)14-6-3-11(17(19,20)21)9-13(14)23-15/h1-9H. The zero-order valence-corrected chi connectivity index (χ0v) is 12.8. The summed E-state index contributed by atoms with van der Waals surface area (Å²) in [6.07, 6.45) is -1.13. The average Bonchev–Trinajstić information content (AvgIpc) is 3.03. The molecule has 0 bridgehead atoms. The van der Waals surface area contributed by atoms with Gasteiger partial charge in [-0.25, -0.2) is 9.97 Å². The lowest BCUT2D eigenvalue weighted by Crippen LogP contribution is -2.05. The van der Waals surface area contributed by atoms with E-state index >= 15 is 0 Å². The molecule has 0 amide bonds. The van der Waals surface area contributed by atoms with Crippen molar-refractivity contribution in [1.29, 1.82) is 0 Å². The number of benzene rings is 2. The number of hydrogen-bond donors (Lipinski definition) is 0. The molecule has 2 heterocycles. The third-order valence-corrected chi connectivity index (χ3v) is 4.02.